The van der Waals surface area contributed by atoms with Crippen molar-refractivity contribution in [2.75, 3.05) is 19.2 Å². The van der Waals surface area contributed by atoms with Gasteiger partial charge in [0.05, 0.1) is 0 Å². The number of thioether (sulfide) groups is 1. The zero-order valence-electron chi connectivity index (χ0n) is 11.7. The molecule has 21 heavy (non-hydrogen) atoms. The van der Waals surface area contributed by atoms with Crippen molar-refractivity contribution >= 4 is 50.9 Å². The molecule has 0 bridgehead atoms. The van der Waals surface area contributed by atoms with E-state index in [2.05, 4.69) is 22.0 Å². The number of amides is 1. The minimum Gasteiger partial charge on any atom is -0.483 e. The summed E-state index contributed by atoms with van der Waals surface area (Å²) in [5.41, 5.74) is 1.65. The Balaban J connectivity index is 0.00000220. The van der Waals surface area contributed by atoms with Crippen molar-refractivity contribution in [3.05, 3.63) is 34.3 Å². The van der Waals surface area contributed by atoms with Gasteiger partial charge in [-0.2, -0.15) is 0 Å². The van der Waals surface area contributed by atoms with Crippen LogP contribution in [0, 0.1) is 6.08 Å². The molecule has 1 heterocycles. The Labute approximate surface area is 167 Å². The van der Waals surface area contributed by atoms with Crippen LogP contribution in [-0.4, -0.2) is 35.4 Å². The number of allylic oxidation sites excluding steroid dienone is 1. The number of carbonyl (C=O) groups is 1. The Morgan fingerprint density at radius 2 is 2.29 bits per heavy atom. The van der Waals surface area contributed by atoms with Crippen LogP contribution in [0.2, 0.25) is 0 Å². The van der Waals surface area contributed by atoms with Crippen molar-refractivity contribution in [1.29, 1.82) is 0 Å². The van der Waals surface area contributed by atoms with Gasteiger partial charge in [0, 0.05) is 39.8 Å². The molecule has 1 atom stereocenters. The number of hydrogen-bond donors (Lipinski definition) is 0. The second-order valence-electron chi connectivity index (χ2n) is 4.29. The molecule has 0 aromatic heterocycles. The zero-order valence-corrected chi connectivity index (χ0v) is 17.7. The topological polar surface area (TPSA) is 29.5 Å². The van der Waals surface area contributed by atoms with Crippen molar-refractivity contribution in [2.24, 2.45) is 0 Å². The summed E-state index contributed by atoms with van der Waals surface area (Å²) in [5, 5.41) is -0.522. The summed E-state index contributed by atoms with van der Waals surface area (Å²) in [6.45, 7) is 0. The fourth-order valence-corrected chi connectivity index (χ4v) is 2.92. The largest absolute Gasteiger partial charge is 0.483 e. The number of benzene rings is 1. The standard InChI is InChI=1S/C14H14BrClNO2S.Y/c1-17-13(6-5-12(16)14(17)18)10-4-3-9(7-11(10)15)19-8-20-2;/h3-4,7,12H,5,8H2,1-2H3;/q-1;. The second-order valence-corrected chi connectivity index (χ2v) is 6.48. The first-order valence-corrected chi connectivity index (χ1v) is 8.61. The van der Waals surface area contributed by atoms with E-state index < -0.39 is 5.38 Å². The molecule has 0 aliphatic carbocycles. The van der Waals surface area contributed by atoms with E-state index in [4.69, 9.17) is 16.3 Å². The molecule has 0 saturated carbocycles. The molecule has 0 spiro atoms. The van der Waals surface area contributed by atoms with Gasteiger partial charge >= 0.3 is 0 Å². The number of nitrogens with zero attached hydrogens (tertiary/aromatic N) is 1. The molecule has 1 aromatic carbocycles. The summed E-state index contributed by atoms with van der Waals surface area (Å²) in [6.07, 6.45) is 5.59. The minimum atomic E-state index is -0.522. The number of rotatable bonds is 4. The summed E-state index contributed by atoms with van der Waals surface area (Å²) >= 11 is 11.1. The van der Waals surface area contributed by atoms with E-state index in [1.54, 1.807) is 23.7 Å². The molecular formula is C14H14BrClNO2SY-. The summed E-state index contributed by atoms with van der Waals surface area (Å²) in [5.74, 6) is 1.29. The molecule has 1 aliphatic rings. The molecule has 111 valence electrons. The molecule has 0 saturated heterocycles. The van der Waals surface area contributed by atoms with E-state index in [0.29, 0.717) is 12.4 Å². The zero-order chi connectivity index (χ0) is 14.7. The van der Waals surface area contributed by atoms with E-state index in [-0.39, 0.29) is 38.6 Å². The van der Waals surface area contributed by atoms with Crippen molar-refractivity contribution in [2.45, 2.75) is 11.8 Å². The van der Waals surface area contributed by atoms with Gasteiger partial charge in [0.25, 0.3) is 0 Å². The molecule has 0 N–H and O–H groups in total. The quantitative estimate of drug-likeness (QED) is 0.386. The Kier molecular flexibility index (Phi) is 8.29. The summed E-state index contributed by atoms with van der Waals surface area (Å²) in [7, 11) is 1.71. The Hall–Kier alpha value is 0.454. The van der Waals surface area contributed by atoms with Gasteiger partial charge in [-0.1, -0.05) is 26.8 Å². The van der Waals surface area contributed by atoms with E-state index in [1.807, 2.05) is 24.5 Å². The maximum absolute atomic E-state index is 11.9. The Bertz CT molecular complexity index is 556. The molecule has 1 amide bonds. The van der Waals surface area contributed by atoms with Gasteiger partial charge in [0.2, 0.25) is 5.91 Å². The number of carbonyl (C=O) groups excluding carboxylic acids is 1. The fourth-order valence-electron chi connectivity index (χ4n) is 1.89. The van der Waals surface area contributed by atoms with E-state index in [0.717, 1.165) is 21.5 Å². The predicted molar refractivity (Wildman–Crippen MR) is 86.8 cm³/mol. The van der Waals surface area contributed by atoms with Crippen LogP contribution in [0.4, 0.5) is 0 Å². The molecule has 3 nitrogen and oxygen atoms in total. The monoisotopic (exact) mass is 463 g/mol. The number of hydrogen-bond acceptors (Lipinski definition) is 3. The molecule has 1 aliphatic heterocycles. The fraction of sp³-hybridized carbons (Fsp3) is 0.357. The molecule has 1 aromatic rings. The third-order valence-corrected chi connectivity index (χ3v) is 4.27. The SMILES string of the molecule is CSCOc1ccc(C2=[C-]CC(Cl)C(=O)N2C)c(Br)c1.[Y]. The maximum atomic E-state index is 11.9. The third kappa shape index (κ3) is 4.71. The molecule has 2 rings (SSSR count). The third-order valence-electron chi connectivity index (χ3n) is 2.92. The summed E-state index contributed by atoms with van der Waals surface area (Å²) in [6, 6.07) is 5.70. The normalized spacial score (nSPS) is 18.1. The van der Waals surface area contributed by atoms with Crippen LogP contribution in [0.25, 0.3) is 5.70 Å². The van der Waals surface area contributed by atoms with E-state index in [1.165, 1.54) is 0 Å². The van der Waals surface area contributed by atoms with Gasteiger partial charge in [-0.15, -0.1) is 40.7 Å². The van der Waals surface area contributed by atoms with Gasteiger partial charge in [0.1, 0.15) is 17.1 Å². The van der Waals surface area contributed by atoms with Crippen LogP contribution in [0.3, 0.4) is 0 Å². The first kappa shape index (κ1) is 19.5. The minimum absolute atomic E-state index is 0. The number of halogens is 2. The van der Waals surface area contributed by atoms with Gasteiger partial charge in [-0.3, -0.25) is 4.79 Å². The number of alkyl halides is 1. The van der Waals surface area contributed by atoms with Crippen molar-refractivity contribution < 1.29 is 42.2 Å². The van der Waals surface area contributed by atoms with Gasteiger partial charge < -0.3 is 9.64 Å². The van der Waals surface area contributed by atoms with Gasteiger partial charge in [-0.25, -0.2) is 6.08 Å². The van der Waals surface area contributed by atoms with Crippen LogP contribution in [0.1, 0.15) is 12.0 Å². The summed E-state index contributed by atoms with van der Waals surface area (Å²) in [4.78, 5) is 13.5. The molecule has 1 unspecified atom stereocenters. The second kappa shape index (κ2) is 8.92. The molecule has 1 radical (unpaired) electrons. The van der Waals surface area contributed by atoms with Crippen molar-refractivity contribution in [3.63, 3.8) is 0 Å². The summed E-state index contributed by atoms with van der Waals surface area (Å²) < 4.78 is 6.41. The first-order valence-electron chi connectivity index (χ1n) is 5.98. The Morgan fingerprint density at radius 3 is 2.90 bits per heavy atom. The van der Waals surface area contributed by atoms with Crippen LogP contribution >= 0.6 is 39.3 Å². The molecular weight excluding hydrogens is 450 g/mol. The van der Waals surface area contributed by atoms with Crippen LogP contribution in [0.5, 0.6) is 5.75 Å². The van der Waals surface area contributed by atoms with Gasteiger partial charge in [-0.05, 0) is 18.4 Å². The smallest absolute Gasteiger partial charge is 0.240 e. The predicted octanol–water partition coefficient (Wildman–Crippen LogP) is 3.76. The van der Waals surface area contributed by atoms with Crippen LogP contribution < -0.4 is 4.74 Å². The van der Waals surface area contributed by atoms with Crippen molar-refractivity contribution in [1.82, 2.24) is 4.90 Å². The van der Waals surface area contributed by atoms with Crippen molar-refractivity contribution in [3.8, 4) is 5.75 Å². The Morgan fingerprint density at radius 1 is 1.57 bits per heavy atom. The average Bonchev–Trinajstić information content (AvgIpc) is 2.44. The maximum Gasteiger partial charge on any atom is 0.240 e. The average molecular weight is 465 g/mol. The van der Waals surface area contributed by atoms with E-state index in [9.17, 15) is 4.79 Å². The van der Waals surface area contributed by atoms with E-state index >= 15 is 0 Å². The van der Waals surface area contributed by atoms with Crippen LogP contribution in [0.15, 0.2) is 22.7 Å². The number of ether oxygens (including phenoxy) is 1. The molecule has 0 fully saturated rings. The first-order chi connectivity index (χ1) is 9.54. The molecule has 7 heteroatoms. The van der Waals surface area contributed by atoms with Crippen LogP contribution in [-0.2, 0) is 37.5 Å². The van der Waals surface area contributed by atoms with Gasteiger partial charge in [0.15, 0.2) is 0 Å².